The van der Waals surface area contributed by atoms with Gasteiger partial charge < -0.3 is 10.1 Å². The van der Waals surface area contributed by atoms with Gasteiger partial charge in [0.25, 0.3) is 10.0 Å². The molecular weight excluding hydrogens is 294 g/mol. The molecular formula is C13H21N3O4S. The summed E-state index contributed by atoms with van der Waals surface area (Å²) in [6.07, 6.45) is 0. The third kappa shape index (κ3) is 4.69. The highest BCUT2D eigenvalue weighted by Gasteiger charge is 2.19. The number of rotatable bonds is 7. The van der Waals surface area contributed by atoms with Gasteiger partial charge in [0.05, 0.1) is 17.7 Å². The molecule has 0 spiro atoms. The van der Waals surface area contributed by atoms with Crippen LogP contribution in [-0.4, -0.2) is 39.5 Å². The summed E-state index contributed by atoms with van der Waals surface area (Å²) in [5.74, 6) is 0.0894. The fourth-order valence-electron chi connectivity index (χ4n) is 1.72. The predicted octanol–water partition coefficient (Wildman–Crippen LogP) is 1.19. The minimum absolute atomic E-state index is 0.0546. The maximum absolute atomic E-state index is 12.3. The van der Waals surface area contributed by atoms with E-state index in [1.807, 2.05) is 13.8 Å². The zero-order valence-electron chi connectivity index (χ0n) is 12.6. The summed E-state index contributed by atoms with van der Waals surface area (Å²) in [5.41, 5.74) is 0.312. The molecule has 1 aromatic rings. The molecule has 0 atom stereocenters. The summed E-state index contributed by atoms with van der Waals surface area (Å²) < 4.78 is 29.7. The normalized spacial score (nSPS) is 11.5. The predicted molar refractivity (Wildman–Crippen MR) is 80.5 cm³/mol. The monoisotopic (exact) mass is 315 g/mol. The summed E-state index contributed by atoms with van der Waals surface area (Å²) in [5, 5.41) is 4.12. The minimum Gasteiger partial charge on any atom is -0.495 e. The molecule has 7 nitrogen and oxygen atoms in total. The van der Waals surface area contributed by atoms with Gasteiger partial charge in [-0.05, 0) is 18.2 Å². The summed E-state index contributed by atoms with van der Waals surface area (Å²) in [4.78, 5) is 13.7. The highest BCUT2D eigenvalue weighted by molar-refractivity contribution is 7.89. The van der Waals surface area contributed by atoms with Crippen LogP contribution in [0.4, 0.5) is 5.69 Å². The second kappa shape index (κ2) is 7.39. The number of hydrogen-bond acceptors (Lipinski definition) is 5. The molecule has 1 amide bonds. The zero-order valence-corrected chi connectivity index (χ0v) is 13.5. The number of sulfonamides is 1. The fraction of sp³-hybridized carbons (Fsp3) is 0.462. The first-order valence-electron chi connectivity index (χ1n) is 6.57. The Hall–Kier alpha value is -1.64. The molecule has 0 aliphatic heterocycles. The van der Waals surface area contributed by atoms with Crippen molar-refractivity contribution in [1.82, 2.24) is 9.84 Å². The molecule has 1 rings (SSSR count). The number of amides is 1. The molecule has 0 aliphatic rings. The lowest BCUT2D eigenvalue weighted by Gasteiger charge is -2.20. The number of carbonyl (C=O) groups is 1. The van der Waals surface area contributed by atoms with E-state index in [1.165, 1.54) is 32.2 Å². The van der Waals surface area contributed by atoms with Gasteiger partial charge in [0, 0.05) is 20.0 Å². The molecule has 0 aliphatic carbocycles. The van der Waals surface area contributed by atoms with Gasteiger partial charge in [-0.1, -0.05) is 13.8 Å². The molecule has 0 aromatic heterocycles. The Morgan fingerprint density at radius 2 is 1.90 bits per heavy atom. The van der Waals surface area contributed by atoms with E-state index in [9.17, 15) is 13.2 Å². The average molecular weight is 315 g/mol. The van der Waals surface area contributed by atoms with E-state index in [-0.39, 0.29) is 10.8 Å². The van der Waals surface area contributed by atoms with Gasteiger partial charge >= 0.3 is 0 Å². The first-order valence-corrected chi connectivity index (χ1v) is 8.05. The maximum atomic E-state index is 12.3. The Morgan fingerprint density at radius 3 is 2.38 bits per heavy atom. The van der Waals surface area contributed by atoms with E-state index in [1.54, 1.807) is 5.01 Å². The maximum Gasteiger partial charge on any atom is 0.253 e. The number of carbonyl (C=O) groups excluding carboxylic acids is 1. The van der Waals surface area contributed by atoms with E-state index in [0.29, 0.717) is 24.5 Å². The Bertz CT molecular complexity index is 597. The van der Waals surface area contributed by atoms with Crippen LogP contribution in [-0.2, 0) is 14.8 Å². The Balaban J connectivity index is 3.15. The largest absolute Gasteiger partial charge is 0.495 e. The van der Waals surface area contributed by atoms with Gasteiger partial charge in [-0.15, -0.1) is 4.83 Å². The molecule has 0 saturated heterocycles. The van der Waals surface area contributed by atoms with E-state index in [4.69, 9.17) is 4.74 Å². The van der Waals surface area contributed by atoms with E-state index in [0.717, 1.165) is 0 Å². The summed E-state index contributed by atoms with van der Waals surface area (Å²) in [6, 6.07) is 4.30. The summed E-state index contributed by atoms with van der Waals surface area (Å²) in [7, 11) is -2.25. The molecule has 0 saturated carbocycles. The van der Waals surface area contributed by atoms with Crippen molar-refractivity contribution >= 4 is 21.6 Å². The van der Waals surface area contributed by atoms with Crippen molar-refractivity contribution in [3.63, 3.8) is 0 Å². The Kier molecular flexibility index (Phi) is 6.13. The lowest BCUT2D eigenvalue weighted by atomic mass is 10.3. The number of methoxy groups -OCH3 is 1. The van der Waals surface area contributed by atoms with Crippen LogP contribution in [0.2, 0.25) is 0 Å². The number of ether oxygens (including phenoxy) is 1. The molecule has 118 valence electrons. The van der Waals surface area contributed by atoms with Crippen molar-refractivity contribution in [3.8, 4) is 5.75 Å². The summed E-state index contributed by atoms with van der Waals surface area (Å²) >= 11 is 0. The van der Waals surface area contributed by atoms with E-state index < -0.39 is 10.0 Å². The van der Waals surface area contributed by atoms with Gasteiger partial charge in [-0.3, -0.25) is 4.79 Å². The lowest BCUT2D eigenvalue weighted by Crippen LogP contribution is -2.41. The van der Waals surface area contributed by atoms with Crippen molar-refractivity contribution < 1.29 is 17.9 Å². The van der Waals surface area contributed by atoms with Crippen LogP contribution in [0.3, 0.4) is 0 Å². The first-order chi connectivity index (χ1) is 9.83. The van der Waals surface area contributed by atoms with Crippen LogP contribution in [0.25, 0.3) is 0 Å². The van der Waals surface area contributed by atoms with Gasteiger partial charge in [0.2, 0.25) is 5.91 Å². The summed E-state index contributed by atoms with van der Waals surface area (Å²) in [6.45, 7) is 6.13. The van der Waals surface area contributed by atoms with Gasteiger partial charge in [0.1, 0.15) is 5.75 Å². The van der Waals surface area contributed by atoms with Crippen LogP contribution in [0.15, 0.2) is 23.1 Å². The van der Waals surface area contributed by atoms with Gasteiger partial charge in [-0.2, -0.15) is 0 Å². The molecule has 0 bridgehead atoms. The van der Waals surface area contributed by atoms with Crippen molar-refractivity contribution in [3.05, 3.63) is 18.2 Å². The Labute approximate surface area is 125 Å². The van der Waals surface area contributed by atoms with Crippen LogP contribution in [0.5, 0.6) is 5.75 Å². The number of anilines is 1. The molecule has 2 N–H and O–H groups in total. The molecule has 1 aromatic carbocycles. The van der Waals surface area contributed by atoms with Crippen LogP contribution >= 0.6 is 0 Å². The number of nitrogens with zero attached hydrogens (tertiary/aromatic N) is 1. The SMILES string of the molecule is CCN(CC)NS(=O)(=O)c1ccc(OC)c(NC(C)=O)c1. The molecule has 0 fully saturated rings. The van der Waals surface area contributed by atoms with Crippen molar-refractivity contribution in [2.24, 2.45) is 0 Å². The number of hydrazine groups is 1. The molecule has 0 radical (unpaired) electrons. The smallest absolute Gasteiger partial charge is 0.253 e. The molecule has 8 heteroatoms. The van der Waals surface area contributed by atoms with Gasteiger partial charge in [-0.25, -0.2) is 13.4 Å². The second-order valence-corrected chi connectivity index (χ2v) is 5.97. The van der Waals surface area contributed by atoms with Gasteiger partial charge in [0.15, 0.2) is 0 Å². The molecule has 0 unspecified atom stereocenters. The van der Waals surface area contributed by atoms with Crippen LogP contribution in [0, 0.1) is 0 Å². The van der Waals surface area contributed by atoms with E-state index in [2.05, 4.69) is 10.1 Å². The van der Waals surface area contributed by atoms with Crippen molar-refractivity contribution in [2.45, 2.75) is 25.7 Å². The number of nitrogens with one attached hydrogen (secondary N) is 2. The minimum atomic E-state index is -3.70. The van der Waals surface area contributed by atoms with E-state index >= 15 is 0 Å². The molecule has 21 heavy (non-hydrogen) atoms. The quantitative estimate of drug-likeness (QED) is 0.738. The number of benzene rings is 1. The fourth-order valence-corrected chi connectivity index (χ4v) is 2.94. The third-order valence-electron chi connectivity index (χ3n) is 2.80. The second-order valence-electron chi connectivity index (χ2n) is 4.31. The van der Waals surface area contributed by atoms with Crippen molar-refractivity contribution in [1.29, 1.82) is 0 Å². The van der Waals surface area contributed by atoms with Crippen LogP contribution < -0.4 is 14.9 Å². The van der Waals surface area contributed by atoms with Crippen molar-refractivity contribution in [2.75, 3.05) is 25.5 Å². The highest BCUT2D eigenvalue weighted by atomic mass is 32.2. The topological polar surface area (TPSA) is 87.7 Å². The highest BCUT2D eigenvalue weighted by Crippen LogP contribution is 2.27. The standard InChI is InChI=1S/C13H21N3O4S/c1-5-16(6-2)15-21(18,19)11-7-8-13(20-4)12(9-11)14-10(3)17/h7-9,15H,5-6H2,1-4H3,(H,14,17). The average Bonchev–Trinajstić information content (AvgIpc) is 2.44. The molecule has 0 heterocycles. The first kappa shape index (κ1) is 17.4. The zero-order chi connectivity index (χ0) is 16.0. The Morgan fingerprint density at radius 1 is 1.29 bits per heavy atom. The lowest BCUT2D eigenvalue weighted by molar-refractivity contribution is -0.114. The third-order valence-corrected chi connectivity index (χ3v) is 4.18. The number of hydrogen-bond donors (Lipinski definition) is 2. The van der Waals surface area contributed by atoms with Crippen LogP contribution in [0.1, 0.15) is 20.8 Å².